The van der Waals surface area contributed by atoms with Gasteiger partial charge in [0.15, 0.2) is 0 Å². The van der Waals surface area contributed by atoms with Gasteiger partial charge in [-0.15, -0.1) is 11.8 Å². The van der Waals surface area contributed by atoms with Crippen LogP contribution in [0.15, 0.2) is 12.2 Å². The fraction of sp³-hybridized carbons (Fsp3) is 0.600. The van der Waals surface area contributed by atoms with Crippen molar-refractivity contribution in [3.05, 3.63) is 12.2 Å². The van der Waals surface area contributed by atoms with E-state index in [0.29, 0.717) is 14.4 Å². The van der Waals surface area contributed by atoms with E-state index in [9.17, 15) is 0 Å². The van der Waals surface area contributed by atoms with E-state index >= 15 is 0 Å². The molecule has 74 valence electrons. The van der Waals surface area contributed by atoms with Crippen LogP contribution in [0.3, 0.4) is 0 Å². The molecule has 0 saturated heterocycles. The quantitative estimate of drug-likeness (QED) is 0.389. The van der Waals surface area contributed by atoms with Gasteiger partial charge in [0, 0.05) is 14.9 Å². The zero-order valence-corrected chi connectivity index (χ0v) is 10.7. The van der Waals surface area contributed by atoms with Crippen LogP contribution in [0, 0.1) is 17.8 Å². The van der Waals surface area contributed by atoms with Crippen molar-refractivity contribution >= 4 is 17.4 Å². The molecule has 0 amide bonds. The van der Waals surface area contributed by atoms with E-state index in [-0.39, 0.29) is 6.10 Å². The highest BCUT2D eigenvalue weighted by Crippen LogP contribution is 2.28. The first-order valence-corrected chi connectivity index (χ1v) is 7.11. The SMILES string of the molecule is CC#CC[C@H](C)[C@@H](/C=C/C)OPP. The lowest BCUT2D eigenvalue weighted by Gasteiger charge is -2.18. The van der Waals surface area contributed by atoms with E-state index in [2.05, 4.69) is 33.8 Å². The molecule has 0 radical (unpaired) electrons. The summed E-state index contributed by atoms with van der Waals surface area (Å²) < 4.78 is 5.58. The van der Waals surface area contributed by atoms with Crippen LogP contribution in [-0.2, 0) is 4.52 Å². The maximum absolute atomic E-state index is 5.58. The summed E-state index contributed by atoms with van der Waals surface area (Å²) in [6.07, 6.45) is 5.24. The van der Waals surface area contributed by atoms with E-state index in [1.807, 2.05) is 19.9 Å². The molecule has 4 atom stereocenters. The number of hydrogen-bond donors (Lipinski definition) is 0. The van der Waals surface area contributed by atoms with E-state index in [0.717, 1.165) is 6.42 Å². The lowest BCUT2D eigenvalue weighted by Crippen LogP contribution is -2.15. The van der Waals surface area contributed by atoms with Gasteiger partial charge in [0.1, 0.15) is 0 Å². The number of rotatable bonds is 5. The largest absolute Gasteiger partial charge is 0.351 e. The van der Waals surface area contributed by atoms with Gasteiger partial charge in [-0.2, -0.15) is 0 Å². The molecule has 0 aromatic rings. The van der Waals surface area contributed by atoms with Gasteiger partial charge in [-0.05, 0) is 19.8 Å². The molecule has 0 bridgehead atoms. The van der Waals surface area contributed by atoms with Crippen LogP contribution in [0.5, 0.6) is 0 Å². The molecule has 0 aromatic heterocycles. The standard InChI is InChI=1S/C10H18OP2/c1-4-6-8-9(3)10(7-5-2)11-13-12/h5,7,9-10,13H,8,12H2,1-3H3/b7-5+/t9-,10+/m0/s1. The Balaban J connectivity index is 4.06. The Hall–Kier alpha value is 0.120. The van der Waals surface area contributed by atoms with E-state index in [1.54, 1.807) is 0 Å². The monoisotopic (exact) mass is 216 g/mol. The number of hydrogen-bond acceptors (Lipinski definition) is 1. The Labute approximate surface area is 85.7 Å². The Morgan fingerprint density at radius 2 is 2.31 bits per heavy atom. The van der Waals surface area contributed by atoms with Crippen molar-refractivity contribution in [2.24, 2.45) is 5.92 Å². The first kappa shape index (κ1) is 13.1. The van der Waals surface area contributed by atoms with Gasteiger partial charge >= 0.3 is 0 Å². The third kappa shape index (κ3) is 6.23. The van der Waals surface area contributed by atoms with Gasteiger partial charge < -0.3 is 4.52 Å². The summed E-state index contributed by atoms with van der Waals surface area (Å²) in [5, 5.41) is 0. The highest BCUT2D eigenvalue weighted by Gasteiger charge is 2.12. The van der Waals surface area contributed by atoms with Crippen molar-refractivity contribution in [3.63, 3.8) is 0 Å². The minimum atomic E-state index is 0.210. The van der Waals surface area contributed by atoms with E-state index < -0.39 is 0 Å². The van der Waals surface area contributed by atoms with Crippen LogP contribution >= 0.6 is 17.4 Å². The summed E-state index contributed by atoms with van der Waals surface area (Å²) in [6, 6.07) is 0. The average molecular weight is 216 g/mol. The Morgan fingerprint density at radius 3 is 2.77 bits per heavy atom. The molecule has 2 unspecified atom stereocenters. The van der Waals surface area contributed by atoms with Crippen LogP contribution < -0.4 is 0 Å². The fourth-order valence-electron chi connectivity index (χ4n) is 0.993. The molecule has 3 heteroatoms. The molecule has 13 heavy (non-hydrogen) atoms. The number of allylic oxidation sites excluding steroid dienone is 1. The van der Waals surface area contributed by atoms with Gasteiger partial charge in [0.05, 0.1) is 6.10 Å². The summed E-state index contributed by atoms with van der Waals surface area (Å²) in [5.41, 5.74) is 0. The van der Waals surface area contributed by atoms with Crippen molar-refractivity contribution in [3.8, 4) is 11.8 Å². The Morgan fingerprint density at radius 1 is 1.62 bits per heavy atom. The highest BCUT2D eigenvalue weighted by atomic mass is 32.0. The van der Waals surface area contributed by atoms with Crippen molar-refractivity contribution in [1.82, 2.24) is 0 Å². The van der Waals surface area contributed by atoms with E-state index in [4.69, 9.17) is 4.52 Å². The lowest BCUT2D eigenvalue weighted by molar-refractivity contribution is 0.221. The maximum atomic E-state index is 5.58. The van der Waals surface area contributed by atoms with Gasteiger partial charge in [-0.25, -0.2) is 0 Å². The molecule has 0 fully saturated rings. The normalized spacial score (nSPS) is 16.0. The molecule has 0 rings (SSSR count). The lowest BCUT2D eigenvalue weighted by atomic mass is 10.0. The summed E-state index contributed by atoms with van der Waals surface area (Å²) in [6.45, 7) is 6.05. The van der Waals surface area contributed by atoms with Crippen LogP contribution in [0.2, 0.25) is 0 Å². The summed E-state index contributed by atoms with van der Waals surface area (Å²) in [4.78, 5) is 0. The van der Waals surface area contributed by atoms with E-state index in [1.165, 1.54) is 0 Å². The smallest absolute Gasteiger partial charge is 0.0833 e. The molecular formula is C10H18OP2. The fourth-order valence-corrected chi connectivity index (χ4v) is 1.93. The van der Waals surface area contributed by atoms with Crippen LogP contribution in [-0.4, -0.2) is 6.10 Å². The predicted octanol–water partition coefficient (Wildman–Crippen LogP) is 3.38. The van der Waals surface area contributed by atoms with Crippen LogP contribution in [0.4, 0.5) is 0 Å². The van der Waals surface area contributed by atoms with Gasteiger partial charge in [0.25, 0.3) is 0 Å². The molecule has 0 spiro atoms. The molecular weight excluding hydrogens is 198 g/mol. The maximum Gasteiger partial charge on any atom is 0.0833 e. The van der Waals surface area contributed by atoms with Gasteiger partial charge in [-0.3, -0.25) is 0 Å². The summed E-state index contributed by atoms with van der Waals surface area (Å²) in [7, 11) is 3.07. The zero-order chi connectivity index (χ0) is 10.1. The Bertz CT molecular complexity index is 203. The van der Waals surface area contributed by atoms with Crippen molar-refractivity contribution in [2.75, 3.05) is 0 Å². The predicted molar refractivity (Wildman–Crippen MR) is 64.9 cm³/mol. The van der Waals surface area contributed by atoms with Gasteiger partial charge in [-0.1, -0.05) is 28.0 Å². The summed E-state index contributed by atoms with van der Waals surface area (Å²) in [5.74, 6) is 6.45. The molecule has 0 aliphatic carbocycles. The second kappa shape index (κ2) is 8.71. The third-order valence-corrected chi connectivity index (χ3v) is 2.56. The van der Waals surface area contributed by atoms with Crippen LogP contribution in [0.25, 0.3) is 0 Å². The molecule has 0 saturated carbocycles. The first-order valence-electron chi connectivity index (χ1n) is 4.40. The minimum Gasteiger partial charge on any atom is -0.351 e. The molecule has 0 aromatic carbocycles. The van der Waals surface area contributed by atoms with Crippen molar-refractivity contribution in [1.29, 1.82) is 0 Å². The second-order valence-electron chi connectivity index (χ2n) is 2.83. The second-order valence-corrected chi connectivity index (χ2v) is 4.01. The molecule has 0 aliphatic heterocycles. The Kier molecular flexibility index (Phi) is 8.79. The molecule has 0 aliphatic rings. The van der Waals surface area contributed by atoms with Gasteiger partial charge in [0.2, 0.25) is 0 Å². The topological polar surface area (TPSA) is 9.23 Å². The molecule has 0 heterocycles. The van der Waals surface area contributed by atoms with Crippen LogP contribution in [0.1, 0.15) is 27.2 Å². The first-order chi connectivity index (χ1) is 6.26. The summed E-state index contributed by atoms with van der Waals surface area (Å²) >= 11 is 0. The van der Waals surface area contributed by atoms with Crippen molar-refractivity contribution in [2.45, 2.75) is 33.3 Å². The molecule has 0 N–H and O–H groups in total. The molecule has 1 nitrogen and oxygen atoms in total. The minimum absolute atomic E-state index is 0.210. The van der Waals surface area contributed by atoms with Crippen molar-refractivity contribution < 1.29 is 4.52 Å². The highest BCUT2D eigenvalue weighted by molar-refractivity contribution is 8.00. The average Bonchev–Trinajstić information content (AvgIpc) is 2.14. The zero-order valence-electron chi connectivity index (χ0n) is 8.50. The third-order valence-electron chi connectivity index (χ3n) is 1.75.